The van der Waals surface area contributed by atoms with Crippen LogP contribution in [-0.2, 0) is 6.54 Å². The Hall–Kier alpha value is -2.63. The molecule has 3 rings (SSSR count). The van der Waals surface area contributed by atoms with E-state index in [0.717, 1.165) is 17.7 Å². The van der Waals surface area contributed by atoms with Gasteiger partial charge in [-0.2, -0.15) is 0 Å². The number of carbonyl (C=O) groups is 1. The van der Waals surface area contributed by atoms with Gasteiger partial charge in [-0.1, -0.05) is 6.07 Å². The van der Waals surface area contributed by atoms with Crippen molar-refractivity contribution in [3.05, 3.63) is 59.2 Å². The van der Waals surface area contributed by atoms with Gasteiger partial charge in [-0.05, 0) is 35.9 Å². The molecular weight excluding hydrogens is 292 g/mol. The van der Waals surface area contributed by atoms with Crippen molar-refractivity contribution in [2.24, 2.45) is 0 Å². The van der Waals surface area contributed by atoms with E-state index < -0.39 is 17.5 Å². The Balaban J connectivity index is 1.66. The zero-order valence-electron chi connectivity index (χ0n) is 11.6. The average Bonchev–Trinajstić information content (AvgIpc) is 2.55. The van der Waals surface area contributed by atoms with Crippen LogP contribution in [-0.4, -0.2) is 19.1 Å². The van der Waals surface area contributed by atoms with E-state index in [2.05, 4.69) is 5.32 Å². The molecule has 0 spiro atoms. The molecule has 0 saturated heterocycles. The summed E-state index contributed by atoms with van der Waals surface area (Å²) in [5.74, 6) is -1.21. The minimum absolute atomic E-state index is 0.0662. The topological polar surface area (TPSA) is 47.6 Å². The van der Waals surface area contributed by atoms with E-state index in [-0.39, 0.29) is 12.1 Å². The Bertz CT molecular complexity index is 719. The normalized spacial score (nSPS) is 12.8. The monoisotopic (exact) mass is 305 g/mol. The van der Waals surface area contributed by atoms with Crippen molar-refractivity contribution >= 4 is 5.91 Å². The highest BCUT2D eigenvalue weighted by atomic mass is 19.2. The zero-order valence-corrected chi connectivity index (χ0v) is 11.6. The Morgan fingerprint density at radius 1 is 1.00 bits per heavy atom. The number of amides is 1. The van der Waals surface area contributed by atoms with E-state index in [1.54, 1.807) is 18.2 Å². The minimum Gasteiger partial charge on any atom is -0.486 e. The van der Waals surface area contributed by atoms with Crippen molar-refractivity contribution < 1.29 is 23.0 Å². The third-order valence-corrected chi connectivity index (χ3v) is 3.24. The number of hydrogen-bond donors (Lipinski definition) is 1. The Labute approximate surface area is 125 Å². The third-order valence-electron chi connectivity index (χ3n) is 3.24. The van der Waals surface area contributed by atoms with E-state index in [0.29, 0.717) is 24.7 Å². The Morgan fingerprint density at radius 2 is 1.77 bits per heavy atom. The van der Waals surface area contributed by atoms with Crippen molar-refractivity contribution in [3.63, 3.8) is 0 Å². The van der Waals surface area contributed by atoms with Crippen LogP contribution in [0, 0.1) is 11.6 Å². The summed E-state index contributed by atoms with van der Waals surface area (Å²) in [7, 11) is 0. The first-order chi connectivity index (χ1) is 10.6. The lowest BCUT2D eigenvalue weighted by Crippen LogP contribution is -2.23. The maximum Gasteiger partial charge on any atom is 0.251 e. The lowest BCUT2D eigenvalue weighted by atomic mass is 10.1. The van der Waals surface area contributed by atoms with Crippen LogP contribution < -0.4 is 14.8 Å². The summed E-state index contributed by atoms with van der Waals surface area (Å²) in [6, 6.07) is 8.38. The highest BCUT2D eigenvalue weighted by Gasteiger charge is 2.13. The number of benzene rings is 2. The van der Waals surface area contributed by atoms with Crippen molar-refractivity contribution in [2.75, 3.05) is 13.2 Å². The summed E-state index contributed by atoms with van der Waals surface area (Å²) in [5, 5.41) is 2.64. The molecule has 1 heterocycles. The highest BCUT2D eigenvalue weighted by Crippen LogP contribution is 2.30. The quantitative estimate of drug-likeness (QED) is 0.948. The van der Waals surface area contributed by atoms with Gasteiger partial charge in [-0.15, -0.1) is 0 Å². The molecule has 2 aromatic carbocycles. The molecule has 0 unspecified atom stereocenters. The van der Waals surface area contributed by atoms with Gasteiger partial charge in [0.2, 0.25) is 0 Å². The van der Waals surface area contributed by atoms with Gasteiger partial charge >= 0.3 is 0 Å². The van der Waals surface area contributed by atoms with Gasteiger partial charge in [-0.25, -0.2) is 8.78 Å². The van der Waals surface area contributed by atoms with E-state index >= 15 is 0 Å². The largest absolute Gasteiger partial charge is 0.486 e. The molecular formula is C16H13F2NO3. The van der Waals surface area contributed by atoms with E-state index in [1.165, 1.54) is 6.07 Å². The second-order valence-corrected chi connectivity index (χ2v) is 4.79. The van der Waals surface area contributed by atoms with Crippen molar-refractivity contribution in [2.45, 2.75) is 6.54 Å². The summed E-state index contributed by atoms with van der Waals surface area (Å²) in [6.45, 7) is 1.24. The van der Waals surface area contributed by atoms with Crippen LogP contribution in [0.4, 0.5) is 8.78 Å². The molecule has 1 amide bonds. The molecule has 0 fully saturated rings. The smallest absolute Gasteiger partial charge is 0.251 e. The van der Waals surface area contributed by atoms with E-state index in [9.17, 15) is 13.6 Å². The molecule has 0 saturated carbocycles. The summed E-state index contributed by atoms with van der Waals surface area (Å²) in [6.07, 6.45) is 0. The van der Waals surface area contributed by atoms with Crippen LogP contribution in [0.5, 0.6) is 11.5 Å². The van der Waals surface area contributed by atoms with E-state index in [4.69, 9.17) is 9.47 Å². The second-order valence-electron chi connectivity index (χ2n) is 4.79. The number of carbonyl (C=O) groups excluding carboxylic acids is 1. The first-order valence-corrected chi connectivity index (χ1v) is 6.75. The molecule has 0 aliphatic carbocycles. The van der Waals surface area contributed by atoms with Crippen molar-refractivity contribution in [1.29, 1.82) is 0 Å². The minimum atomic E-state index is -1.05. The number of hydrogen-bond acceptors (Lipinski definition) is 3. The van der Waals surface area contributed by atoms with Crippen LogP contribution >= 0.6 is 0 Å². The second kappa shape index (κ2) is 6.01. The molecule has 0 radical (unpaired) electrons. The number of nitrogens with one attached hydrogen (secondary N) is 1. The summed E-state index contributed by atoms with van der Waals surface area (Å²) >= 11 is 0. The summed E-state index contributed by atoms with van der Waals surface area (Å²) < 4.78 is 36.8. The molecule has 1 N–H and O–H groups in total. The first kappa shape index (κ1) is 14.3. The Morgan fingerprint density at radius 3 is 2.55 bits per heavy atom. The van der Waals surface area contributed by atoms with Gasteiger partial charge in [0.1, 0.15) is 13.2 Å². The molecule has 1 aliphatic rings. The SMILES string of the molecule is O=C(NCc1ccc2c(c1)OCCO2)c1ccc(F)c(F)c1. The molecule has 114 valence electrons. The molecule has 22 heavy (non-hydrogen) atoms. The first-order valence-electron chi connectivity index (χ1n) is 6.75. The number of fused-ring (bicyclic) bond motifs is 1. The zero-order chi connectivity index (χ0) is 15.5. The lowest BCUT2D eigenvalue weighted by Gasteiger charge is -2.19. The predicted octanol–water partition coefficient (Wildman–Crippen LogP) is 2.67. The predicted molar refractivity (Wildman–Crippen MR) is 75.0 cm³/mol. The number of ether oxygens (including phenoxy) is 2. The lowest BCUT2D eigenvalue weighted by molar-refractivity contribution is 0.0950. The van der Waals surface area contributed by atoms with Gasteiger partial charge in [0.05, 0.1) is 0 Å². The fourth-order valence-electron chi connectivity index (χ4n) is 2.12. The van der Waals surface area contributed by atoms with Crippen LogP contribution in [0.1, 0.15) is 15.9 Å². The number of rotatable bonds is 3. The van der Waals surface area contributed by atoms with Gasteiger partial charge in [0.25, 0.3) is 5.91 Å². The van der Waals surface area contributed by atoms with Crippen LogP contribution in [0.2, 0.25) is 0 Å². The molecule has 0 atom stereocenters. The molecule has 0 bridgehead atoms. The van der Waals surface area contributed by atoms with Crippen LogP contribution in [0.15, 0.2) is 36.4 Å². The molecule has 4 nitrogen and oxygen atoms in total. The van der Waals surface area contributed by atoms with Crippen LogP contribution in [0.25, 0.3) is 0 Å². The third kappa shape index (κ3) is 3.00. The van der Waals surface area contributed by atoms with Gasteiger partial charge < -0.3 is 14.8 Å². The van der Waals surface area contributed by atoms with Gasteiger partial charge in [0, 0.05) is 12.1 Å². The summed E-state index contributed by atoms with van der Waals surface area (Å²) in [5.41, 5.74) is 0.886. The maximum absolute atomic E-state index is 13.1. The average molecular weight is 305 g/mol. The van der Waals surface area contributed by atoms with Gasteiger partial charge in [0.15, 0.2) is 23.1 Å². The van der Waals surface area contributed by atoms with Crippen LogP contribution in [0.3, 0.4) is 0 Å². The van der Waals surface area contributed by atoms with E-state index in [1.807, 2.05) is 0 Å². The fraction of sp³-hybridized carbons (Fsp3) is 0.188. The highest BCUT2D eigenvalue weighted by molar-refractivity contribution is 5.94. The molecule has 1 aliphatic heterocycles. The van der Waals surface area contributed by atoms with Crippen molar-refractivity contribution in [1.82, 2.24) is 5.32 Å². The maximum atomic E-state index is 13.1. The van der Waals surface area contributed by atoms with Crippen molar-refractivity contribution in [3.8, 4) is 11.5 Å². The summed E-state index contributed by atoms with van der Waals surface area (Å²) in [4.78, 5) is 11.9. The number of halogens is 2. The fourth-order valence-corrected chi connectivity index (χ4v) is 2.12. The standard InChI is InChI=1S/C16H13F2NO3/c17-12-3-2-11(8-13(12)18)16(20)19-9-10-1-4-14-15(7-10)22-6-5-21-14/h1-4,7-8H,5-6,9H2,(H,19,20). The molecule has 6 heteroatoms. The molecule has 2 aromatic rings. The molecule has 0 aromatic heterocycles. The van der Waals surface area contributed by atoms with Gasteiger partial charge in [-0.3, -0.25) is 4.79 Å². The Kier molecular flexibility index (Phi) is 3.91.